The smallest absolute Gasteiger partial charge is 0.408 e. The maximum absolute atomic E-state index is 12.6. The number of thioether (sulfide) groups is 1. The van der Waals surface area contributed by atoms with E-state index in [1.807, 2.05) is 50.4 Å². The summed E-state index contributed by atoms with van der Waals surface area (Å²) in [7, 11) is 0. The summed E-state index contributed by atoms with van der Waals surface area (Å²) in [4.78, 5) is 36.2. The van der Waals surface area contributed by atoms with Crippen LogP contribution in [0.15, 0.2) is 30.3 Å². The molecular weight excluding hydrogens is 366 g/mol. The van der Waals surface area contributed by atoms with Crippen molar-refractivity contribution in [3.63, 3.8) is 0 Å². The molecule has 0 unspecified atom stereocenters. The van der Waals surface area contributed by atoms with Crippen LogP contribution < -0.4 is 16.4 Å². The Labute approximate surface area is 164 Å². The highest BCUT2D eigenvalue weighted by Gasteiger charge is 2.26. The van der Waals surface area contributed by atoms with E-state index in [1.54, 1.807) is 11.8 Å². The average molecular weight is 396 g/mol. The SMILES string of the molecule is CSCC[C@H](NC(=O)OCc1ccccc1)C(=O)N[C@@H](CC(C)C)C(N)=O. The van der Waals surface area contributed by atoms with Gasteiger partial charge in [-0.05, 0) is 36.3 Å². The van der Waals surface area contributed by atoms with E-state index in [0.29, 0.717) is 18.6 Å². The fourth-order valence-electron chi connectivity index (χ4n) is 2.40. The number of hydrogen-bond donors (Lipinski definition) is 3. The number of rotatable bonds is 11. The largest absolute Gasteiger partial charge is 0.445 e. The molecule has 7 nitrogen and oxygen atoms in total. The Kier molecular flexibility index (Phi) is 10.3. The van der Waals surface area contributed by atoms with Gasteiger partial charge in [0.05, 0.1) is 0 Å². The van der Waals surface area contributed by atoms with Crippen LogP contribution in [0.3, 0.4) is 0 Å². The van der Waals surface area contributed by atoms with Crippen molar-refractivity contribution in [2.45, 2.75) is 45.4 Å². The number of benzene rings is 1. The van der Waals surface area contributed by atoms with Gasteiger partial charge in [-0.2, -0.15) is 11.8 Å². The normalized spacial score (nSPS) is 12.9. The molecule has 0 radical (unpaired) electrons. The Hall–Kier alpha value is -2.22. The second kappa shape index (κ2) is 12.2. The first kappa shape index (κ1) is 22.8. The number of amides is 3. The molecule has 0 fully saturated rings. The zero-order valence-electron chi connectivity index (χ0n) is 16.1. The van der Waals surface area contributed by atoms with Crippen LogP contribution in [-0.4, -0.2) is 42.0 Å². The molecule has 0 aliphatic heterocycles. The van der Waals surface area contributed by atoms with Gasteiger partial charge in [-0.25, -0.2) is 4.79 Å². The number of carbonyl (C=O) groups is 3. The lowest BCUT2D eigenvalue weighted by Gasteiger charge is -2.22. The van der Waals surface area contributed by atoms with Crippen LogP contribution in [0.1, 0.15) is 32.3 Å². The van der Waals surface area contributed by atoms with Crippen LogP contribution in [0.5, 0.6) is 0 Å². The molecule has 150 valence electrons. The van der Waals surface area contributed by atoms with Gasteiger partial charge in [-0.15, -0.1) is 0 Å². The lowest BCUT2D eigenvalue weighted by atomic mass is 10.0. The first-order valence-electron chi connectivity index (χ1n) is 8.89. The lowest BCUT2D eigenvalue weighted by molar-refractivity contribution is -0.128. The summed E-state index contributed by atoms with van der Waals surface area (Å²) in [6, 6.07) is 7.70. The summed E-state index contributed by atoms with van der Waals surface area (Å²) in [6.07, 6.45) is 2.09. The van der Waals surface area contributed by atoms with Gasteiger partial charge in [0.2, 0.25) is 11.8 Å². The van der Waals surface area contributed by atoms with Gasteiger partial charge in [0, 0.05) is 0 Å². The van der Waals surface area contributed by atoms with Crippen LogP contribution in [0, 0.1) is 5.92 Å². The molecule has 0 saturated carbocycles. The van der Waals surface area contributed by atoms with Crippen molar-refractivity contribution >= 4 is 29.7 Å². The lowest BCUT2D eigenvalue weighted by Crippen LogP contribution is -2.53. The number of carbonyl (C=O) groups excluding carboxylic acids is 3. The standard InChI is InChI=1S/C19H29N3O4S/c1-13(2)11-16(17(20)23)21-18(24)15(9-10-27-3)22-19(25)26-12-14-7-5-4-6-8-14/h4-8,13,15-16H,9-12H2,1-3H3,(H2,20,23)(H,21,24)(H,22,25)/t15-,16-/m0/s1. The van der Waals surface area contributed by atoms with Crippen molar-refractivity contribution in [2.75, 3.05) is 12.0 Å². The highest BCUT2D eigenvalue weighted by Crippen LogP contribution is 2.07. The van der Waals surface area contributed by atoms with Gasteiger partial charge in [0.25, 0.3) is 0 Å². The topological polar surface area (TPSA) is 111 Å². The third-order valence-corrected chi connectivity index (χ3v) is 4.44. The summed E-state index contributed by atoms with van der Waals surface area (Å²) in [5, 5.41) is 5.22. The molecular formula is C19H29N3O4S. The predicted octanol–water partition coefficient (Wildman–Crippen LogP) is 2.05. The Balaban J connectivity index is 2.65. The minimum absolute atomic E-state index is 0.112. The maximum Gasteiger partial charge on any atom is 0.408 e. The molecule has 0 saturated heterocycles. The van der Waals surface area contributed by atoms with Crippen molar-refractivity contribution in [3.05, 3.63) is 35.9 Å². The van der Waals surface area contributed by atoms with E-state index in [2.05, 4.69) is 10.6 Å². The van der Waals surface area contributed by atoms with Crippen LogP contribution in [-0.2, 0) is 20.9 Å². The van der Waals surface area contributed by atoms with Crippen molar-refractivity contribution in [3.8, 4) is 0 Å². The van der Waals surface area contributed by atoms with Gasteiger partial charge in [0.1, 0.15) is 18.7 Å². The van der Waals surface area contributed by atoms with E-state index in [0.717, 1.165) is 5.56 Å². The Bertz CT molecular complexity index is 610. The first-order valence-corrected chi connectivity index (χ1v) is 10.3. The molecule has 0 aliphatic carbocycles. The van der Waals surface area contributed by atoms with E-state index in [1.165, 1.54) is 0 Å². The first-order chi connectivity index (χ1) is 12.8. The summed E-state index contributed by atoms with van der Waals surface area (Å²) in [6.45, 7) is 3.99. The molecule has 3 amide bonds. The number of alkyl carbamates (subject to hydrolysis) is 1. The van der Waals surface area contributed by atoms with Crippen molar-refractivity contribution < 1.29 is 19.1 Å². The third kappa shape index (κ3) is 9.33. The van der Waals surface area contributed by atoms with Gasteiger partial charge in [0.15, 0.2) is 0 Å². The predicted molar refractivity (Wildman–Crippen MR) is 107 cm³/mol. The van der Waals surface area contributed by atoms with Gasteiger partial charge < -0.3 is 21.1 Å². The third-order valence-electron chi connectivity index (χ3n) is 3.80. The summed E-state index contributed by atoms with van der Waals surface area (Å²) in [5.41, 5.74) is 6.23. The number of ether oxygens (including phenoxy) is 1. The molecule has 27 heavy (non-hydrogen) atoms. The van der Waals surface area contributed by atoms with E-state index >= 15 is 0 Å². The number of hydrogen-bond acceptors (Lipinski definition) is 5. The molecule has 1 aromatic carbocycles. The number of nitrogens with one attached hydrogen (secondary N) is 2. The summed E-state index contributed by atoms with van der Waals surface area (Å²) < 4.78 is 5.18. The van der Waals surface area contributed by atoms with Gasteiger partial charge in [-0.3, -0.25) is 9.59 Å². The molecule has 8 heteroatoms. The Morgan fingerprint density at radius 1 is 1.11 bits per heavy atom. The second-order valence-corrected chi connectivity index (χ2v) is 7.62. The van der Waals surface area contributed by atoms with Crippen LogP contribution in [0.2, 0.25) is 0 Å². The minimum Gasteiger partial charge on any atom is -0.445 e. The quantitative estimate of drug-likeness (QED) is 0.531. The minimum atomic E-state index is -0.797. The van der Waals surface area contributed by atoms with Crippen molar-refractivity contribution in [1.29, 1.82) is 0 Å². The van der Waals surface area contributed by atoms with E-state index in [4.69, 9.17) is 10.5 Å². The van der Waals surface area contributed by atoms with Gasteiger partial charge in [-0.1, -0.05) is 44.2 Å². The highest BCUT2D eigenvalue weighted by atomic mass is 32.2. The zero-order valence-corrected chi connectivity index (χ0v) is 16.9. The summed E-state index contributed by atoms with van der Waals surface area (Å²) in [5.74, 6) is -0.170. The molecule has 1 aromatic rings. The van der Waals surface area contributed by atoms with Crippen LogP contribution in [0.25, 0.3) is 0 Å². The molecule has 1 rings (SSSR count). The molecule has 0 aromatic heterocycles. The van der Waals surface area contributed by atoms with Crippen LogP contribution in [0.4, 0.5) is 4.79 Å². The van der Waals surface area contributed by atoms with E-state index < -0.39 is 30.0 Å². The molecule has 0 heterocycles. The molecule has 0 aliphatic rings. The Morgan fingerprint density at radius 2 is 1.78 bits per heavy atom. The molecule has 2 atom stereocenters. The van der Waals surface area contributed by atoms with Crippen molar-refractivity contribution in [1.82, 2.24) is 10.6 Å². The van der Waals surface area contributed by atoms with Gasteiger partial charge >= 0.3 is 6.09 Å². The maximum atomic E-state index is 12.6. The summed E-state index contributed by atoms with van der Waals surface area (Å²) >= 11 is 1.56. The number of nitrogens with two attached hydrogens (primary N) is 1. The molecule has 4 N–H and O–H groups in total. The Morgan fingerprint density at radius 3 is 2.33 bits per heavy atom. The van der Waals surface area contributed by atoms with Crippen LogP contribution >= 0.6 is 11.8 Å². The fourth-order valence-corrected chi connectivity index (χ4v) is 2.87. The molecule has 0 bridgehead atoms. The molecule has 0 spiro atoms. The highest BCUT2D eigenvalue weighted by molar-refractivity contribution is 7.98. The second-order valence-electron chi connectivity index (χ2n) is 6.63. The van der Waals surface area contributed by atoms with Crippen molar-refractivity contribution in [2.24, 2.45) is 11.7 Å². The number of primary amides is 1. The monoisotopic (exact) mass is 395 g/mol. The van der Waals surface area contributed by atoms with E-state index in [-0.39, 0.29) is 12.5 Å². The van der Waals surface area contributed by atoms with E-state index in [9.17, 15) is 14.4 Å². The fraction of sp³-hybridized carbons (Fsp3) is 0.526. The zero-order chi connectivity index (χ0) is 20.2. The average Bonchev–Trinajstić information content (AvgIpc) is 2.63.